The molecular formula is C13H13BrN4O2. The van der Waals surface area contributed by atoms with Crippen molar-refractivity contribution < 1.29 is 4.92 Å². The first-order valence-corrected chi connectivity index (χ1v) is 6.77. The van der Waals surface area contributed by atoms with E-state index >= 15 is 0 Å². The minimum atomic E-state index is -0.445. The highest BCUT2D eigenvalue weighted by Crippen LogP contribution is 2.32. The van der Waals surface area contributed by atoms with Crippen LogP contribution in [0.3, 0.4) is 0 Å². The van der Waals surface area contributed by atoms with Gasteiger partial charge in [0.2, 0.25) is 0 Å². The zero-order valence-electron chi connectivity index (χ0n) is 11.0. The lowest BCUT2D eigenvalue weighted by molar-refractivity contribution is -0.385. The molecule has 0 saturated carbocycles. The van der Waals surface area contributed by atoms with Crippen molar-refractivity contribution in [2.24, 2.45) is 0 Å². The largest absolute Gasteiger partial charge is 0.361 e. The van der Waals surface area contributed by atoms with Gasteiger partial charge >= 0.3 is 0 Å². The van der Waals surface area contributed by atoms with Crippen molar-refractivity contribution in [1.82, 2.24) is 9.97 Å². The Bertz CT molecular complexity index is 634. The summed E-state index contributed by atoms with van der Waals surface area (Å²) in [4.78, 5) is 18.8. The molecule has 0 saturated heterocycles. The van der Waals surface area contributed by atoms with Crippen LogP contribution in [0.5, 0.6) is 0 Å². The molecule has 0 aliphatic carbocycles. The van der Waals surface area contributed by atoms with Gasteiger partial charge in [-0.3, -0.25) is 15.1 Å². The van der Waals surface area contributed by atoms with Crippen molar-refractivity contribution in [2.45, 2.75) is 19.9 Å². The van der Waals surface area contributed by atoms with Gasteiger partial charge in [-0.2, -0.15) is 0 Å². The van der Waals surface area contributed by atoms with Crippen LogP contribution in [-0.4, -0.2) is 14.9 Å². The molecule has 0 amide bonds. The highest BCUT2D eigenvalue weighted by molar-refractivity contribution is 9.10. The number of aromatic nitrogens is 2. The number of rotatable bonds is 4. The molecule has 2 aromatic heterocycles. The summed E-state index contributed by atoms with van der Waals surface area (Å²) in [6.07, 6.45) is 2.98. The molecule has 0 aliphatic rings. The molecule has 2 rings (SSSR count). The minimum Gasteiger partial charge on any atom is -0.361 e. The topological polar surface area (TPSA) is 81.0 Å². The lowest BCUT2D eigenvalue weighted by atomic mass is 10.2. The second kappa shape index (κ2) is 5.96. The third kappa shape index (κ3) is 2.93. The van der Waals surface area contributed by atoms with Gasteiger partial charge in [-0.05, 0) is 41.9 Å². The number of pyridine rings is 2. The predicted molar refractivity (Wildman–Crippen MR) is 79.6 cm³/mol. The standard InChI is InChI=1S/C13H13BrN4O2/c1-8-11(18(19)20)7-16-13(12(8)14)17-9(2)10-5-3-4-6-15-10/h3-7,9H,1-2H3,(H,16,17). The number of nitrogens with zero attached hydrogens (tertiary/aromatic N) is 3. The molecule has 2 heterocycles. The fourth-order valence-corrected chi connectivity index (χ4v) is 2.19. The number of nitro groups is 1. The smallest absolute Gasteiger partial charge is 0.291 e. The van der Waals surface area contributed by atoms with E-state index in [2.05, 4.69) is 31.2 Å². The fraction of sp³-hybridized carbons (Fsp3) is 0.231. The predicted octanol–water partition coefficient (Wildman–Crippen LogP) is 3.63. The Morgan fingerprint density at radius 3 is 2.75 bits per heavy atom. The number of hydrogen-bond donors (Lipinski definition) is 1. The minimum absolute atomic E-state index is 0.00656. The zero-order valence-corrected chi connectivity index (χ0v) is 12.6. The third-order valence-corrected chi connectivity index (χ3v) is 3.89. The van der Waals surface area contributed by atoms with E-state index in [1.54, 1.807) is 13.1 Å². The van der Waals surface area contributed by atoms with E-state index in [1.165, 1.54) is 6.20 Å². The second-order valence-corrected chi connectivity index (χ2v) is 5.10. The lowest BCUT2D eigenvalue weighted by Crippen LogP contribution is -2.10. The van der Waals surface area contributed by atoms with E-state index in [0.29, 0.717) is 15.9 Å². The van der Waals surface area contributed by atoms with E-state index in [4.69, 9.17) is 0 Å². The highest BCUT2D eigenvalue weighted by atomic mass is 79.9. The Hall–Kier alpha value is -2.02. The molecule has 2 aromatic rings. The molecular weight excluding hydrogens is 324 g/mol. The maximum absolute atomic E-state index is 10.8. The van der Waals surface area contributed by atoms with Crippen LogP contribution in [0, 0.1) is 17.0 Å². The van der Waals surface area contributed by atoms with Gasteiger partial charge in [0, 0.05) is 11.8 Å². The molecule has 7 heteroatoms. The van der Waals surface area contributed by atoms with Gasteiger partial charge in [0.05, 0.1) is 21.1 Å². The van der Waals surface area contributed by atoms with Crippen molar-refractivity contribution >= 4 is 27.4 Å². The maximum atomic E-state index is 10.8. The molecule has 0 bridgehead atoms. The molecule has 1 N–H and O–H groups in total. The van der Waals surface area contributed by atoms with Crippen molar-refractivity contribution in [3.63, 3.8) is 0 Å². The maximum Gasteiger partial charge on any atom is 0.291 e. The Kier molecular flexibility index (Phi) is 4.29. The Morgan fingerprint density at radius 2 is 2.15 bits per heavy atom. The molecule has 20 heavy (non-hydrogen) atoms. The Labute approximate surface area is 124 Å². The summed E-state index contributed by atoms with van der Waals surface area (Å²) in [7, 11) is 0. The second-order valence-electron chi connectivity index (χ2n) is 4.31. The normalized spacial score (nSPS) is 11.9. The molecule has 0 aromatic carbocycles. The molecule has 104 valence electrons. The third-order valence-electron chi connectivity index (χ3n) is 2.92. The number of halogens is 1. The van der Waals surface area contributed by atoms with Gasteiger partial charge in [-0.1, -0.05) is 6.07 Å². The van der Waals surface area contributed by atoms with Crippen LogP contribution in [0.2, 0.25) is 0 Å². The first kappa shape index (κ1) is 14.4. The van der Waals surface area contributed by atoms with Crippen LogP contribution < -0.4 is 5.32 Å². The average molecular weight is 337 g/mol. The van der Waals surface area contributed by atoms with E-state index in [0.717, 1.165) is 5.69 Å². The van der Waals surface area contributed by atoms with Crippen LogP contribution >= 0.6 is 15.9 Å². The summed E-state index contributed by atoms with van der Waals surface area (Å²) >= 11 is 3.35. The molecule has 0 aliphatic heterocycles. The monoisotopic (exact) mass is 336 g/mol. The summed E-state index contributed by atoms with van der Waals surface area (Å²) < 4.78 is 0.592. The first-order valence-electron chi connectivity index (χ1n) is 5.97. The van der Waals surface area contributed by atoms with Crippen molar-refractivity contribution in [3.05, 3.63) is 56.4 Å². The number of hydrogen-bond acceptors (Lipinski definition) is 5. The lowest BCUT2D eigenvalue weighted by Gasteiger charge is -2.15. The van der Waals surface area contributed by atoms with Crippen LogP contribution in [0.4, 0.5) is 11.5 Å². The van der Waals surface area contributed by atoms with Gasteiger partial charge in [0.15, 0.2) is 0 Å². The number of nitrogens with one attached hydrogen (secondary N) is 1. The molecule has 0 fully saturated rings. The summed E-state index contributed by atoms with van der Waals surface area (Å²) in [6.45, 7) is 3.63. The summed E-state index contributed by atoms with van der Waals surface area (Å²) in [5.74, 6) is 0.561. The highest BCUT2D eigenvalue weighted by Gasteiger charge is 2.18. The Balaban J connectivity index is 2.27. The Morgan fingerprint density at radius 1 is 1.40 bits per heavy atom. The van der Waals surface area contributed by atoms with E-state index in [-0.39, 0.29) is 11.7 Å². The number of anilines is 1. The van der Waals surface area contributed by atoms with Crippen LogP contribution in [0.15, 0.2) is 35.1 Å². The van der Waals surface area contributed by atoms with Crippen LogP contribution in [0.1, 0.15) is 24.2 Å². The van der Waals surface area contributed by atoms with E-state index in [1.807, 2.05) is 25.1 Å². The first-order chi connectivity index (χ1) is 9.50. The molecule has 1 atom stereocenters. The average Bonchev–Trinajstić information content (AvgIpc) is 2.44. The van der Waals surface area contributed by atoms with Gasteiger partial charge in [-0.25, -0.2) is 4.98 Å². The summed E-state index contributed by atoms with van der Waals surface area (Å²) in [6, 6.07) is 5.61. The summed E-state index contributed by atoms with van der Waals surface area (Å²) in [5.41, 5.74) is 1.41. The molecule has 0 spiro atoms. The quantitative estimate of drug-likeness (QED) is 0.681. The van der Waals surface area contributed by atoms with Crippen LogP contribution in [-0.2, 0) is 0 Å². The van der Waals surface area contributed by atoms with Gasteiger partial charge < -0.3 is 5.32 Å². The van der Waals surface area contributed by atoms with Gasteiger partial charge in [0.1, 0.15) is 12.0 Å². The van der Waals surface area contributed by atoms with E-state index < -0.39 is 4.92 Å². The van der Waals surface area contributed by atoms with E-state index in [9.17, 15) is 10.1 Å². The zero-order chi connectivity index (χ0) is 14.7. The van der Waals surface area contributed by atoms with Gasteiger partial charge in [-0.15, -0.1) is 0 Å². The van der Waals surface area contributed by atoms with Gasteiger partial charge in [0.25, 0.3) is 5.69 Å². The van der Waals surface area contributed by atoms with Crippen molar-refractivity contribution in [1.29, 1.82) is 0 Å². The fourth-order valence-electron chi connectivity index (χ4n) is 1.77. The van der Waals surface area contributed by atoms with Crippen molar-refractivity contribution in [2.75, 3.05) is 5.32 Å². The van der Waals surface area contributed by atoms with Crippen molar-refractivity contribution in [3.8, 4) is 0 Å². The summed E-state index contributed by atoms with van der Waals surface area (Å²) in [5, 5.41) is 14.0. The van der Waals surface area contributed by atoms with Crippen LogP contribution in [0.25, 0.3) is 0 Å². The molecule has 0 radical (unpaired) electrons. The molecule has 6 nitrogen and oxygen atoms in total. The molecule has 1 unspecified atom stereocenters. The SMILES string of the molecule is Cc1c([N+](=O)[O-])cnc(NC(C)c2ccccn2)c1Br.